The maximum Gasteiger partial charge on any atom is 0.270 e. The number of nitrogens with one attached hydrogen (secondary N) is 1. The average molecular weight is 428 g/mol. The minimum Gasteiger partial charge on any atom is -0.381 e. The van der Waals surface area contributed by atoms with Crippen LogP contribution in [0.3, 0.4) is 0 Å². The van der Waals surface area contributed by atoms with Crippen LogP contribution in [-0.4, -0.2) is 57.9 Å². The van der Waals surface area contributed by atoms with E-state index in [1.54, 1.807) is 26.7 Å². The van der Waals surface area contributed by atoms with Gasteiger partial charge in [-0.3, -0.25) is 4.79 Å². The van der Waals surface area contributed by atoms with E-state index in [1.807, 2.05) is 17.7 Å². The second kappa shape index (κ2) is 9.87. The van der Waals surface area contributed by atoms with Gasteiger partial charge in [0.2, 0.25) is 0 Å². The second-order valence-corrected chi connectivity index (χ2v) is 8.78. The SMILES string of the molecule is CO[C@H]1CC[C@H](NC(=O)c2cc([C@H]3CC[C@H](OC)CC3)nc(-c3cncn3C)n2)CC1. The first kappa shape index (κ1) is 21.9. The molecule has 2 aliphatic carbocycles. The fraction of sp³-hybridized carbons (Fsp3) is 0.652. The monoisotopic (exact) mass is 427 g/mol. The molecular weight excluding hydrogens is 394 g/mol. The van der Waals surface area contributed by atoms with Crippen molar-refractivity contribution in [2.45, 2.75) is 75.5 Å². The fourth-order valence-electron chi connectivity index (χ4n) is 4.78. The van der Waals surface area contributed by atoms with E-state index in [0.29, 0.717) is 29.6 Å². The molecule has 2 fully saturated rings. The molecule has 8 heteroatoms. The molecule has 1 N–H and O–H groups in total. The van der Waals surface area contributed by atoms with E-state index in [4.69, 9.17) is 14.5 Å². The van der Waals surface area contributed by atoms with Crippen molar-refractivity contribution in [3.8, 4) is 11.5 Å². The molecule has 0 spiro atoms. The fourth-order valence-corrected chi connectivity index (χ4v) is 4.78. The van der Waals surface area contributed by atoms with Crippen LogP contribution in [0.5, 0.6) is 0 Å². The molecule has 1 amide bonds. The maximum absolute atomic E-state index is 13.1. The van der Waals surface area contributed by atoms with Crippen LogP contribution < -0.4 is 5.32 Å². The summed E-state index contributed by atoms with van der Waals surface area (Å²) in [6, 6.07) is 2.04. The number of hydrogen-bond donors (Lipinski definition) is 1. The van der Waals surface area contributed by atoms with Crippen LogP contribution in [0.4, 0.5) is 0 Å². The van der Waals surface area contributed by atoms with Gasteiger partial charge in [-0.25, -0.2) is 15.0 Å². The Morgan fingerprint density at radius 2 is 1.65 bits per heavy atom. The Kier molecular flexibility index (Phi) is 6.97. The van der Waals surface area contributed by atoms with E-state index in [2.05, 4.69) is 15.3 Å². The highest BCUT2D eigenvalue weighted by Gasteiger charge is 2.27. The van der Waals surface area contributed by atoms with Crippen molar-refractivity contribution in [2.24, 2.45) is 7.05 Å². The average Bonchev–Trinajstić information content (AvgIpc) is 3.25. The molecule has 0 unspecified atom stereocenters. The van der Waals surface area contributed by atoms with Crippen molar-refractivity contribution in [2.75, 3.05) is 14.2 Å². The molecule has 168 valence electrons. The quantitative estimate of drug-likeness (QED) is 0.761. The molecule has 2 saturated carbocycles. The van der Waals surface area contributed by atoms with Gasteiger partial charge < -0.3 is 19.4 Å². The first-order valence-electron chi connectivity index (χ1n) is 11.3. The van der Waals surface area contributed by atoms with Gasteiger partial charge in [-0.15, -0.1) is 0 Å². The number of aromatic nitrogens is 4. The van der Waals surface area contributed by atoms with Crippen LogP contribution >= 0.6 is 0 Å². The highest BCUT2D eigenvalue weighted by atomic mass is 16.5. The van der Waals surface area contributed by atoms with Gasteiger partial charge in [0.15, 0.2) is 5.82 Å². The third-order valence-corrected chi connectivity index (χ3v) is 6.79. The minimum absolute atomic E-state index is 0.126. The highest BCUT2D eigenvalue weighted by molar-refractivity contribution is 5.93. The predicted molar refractivity (Wildman–Crippen MR) is 117 cm³/mol. The summed E-state index contributed by atoms with van der Waals surface area (Å²) < 4.78 is 12.8. The molecule has 0 aromatic carbocycles. The van der Waals surface area contributed by atoms with Crippen LogP contribution in [0.25, 0.3) is 11.5 Å². The van der Waals surface area contributed by atoms with Gasteiger partial charge in [-0.05, 0) is 57.4 Å². The summed E-state index contributed by atoms with van der Waals surface area (Å²) in [6.45, 7) is 0. The number of aryl methyl sites for hydroxylation is 1. The van der Waals surface area contributed by atoms with Crippen molar-refractivity contribution in [1.82, 2.24) is 24.8 Å². The topological polar surface area (TPSA) is 91.2 Å². The molecule has 2 aromatic heterocycles. The number of nitrogens with zero attached hydrogens (tertiary/aromatic N) is 4. The number of amides is 1. The summed E-state index contributed by atoms with van der Waals surface area (Å²) >= 11 is 0. The summed E-state index contributed by atoms with van der Waals surface area (Å²) in [4.78, 5) is 26.8. The summed E-state index contributed by atoms with van der Waals surface area (Å²) in [5.74, 6) is 0.739. The van der Waals surface area contributed by atoms with Crippen LogP contribution in [0, 0.1) is 0 Å². The van der Waals surface area contributed by atoms with Gasteiger partial charge in [0.25, 0.3) is 5.91 Å². The molecule has 2 heterocycles. The van der Waals surface area contributed by atoms with E-state index < -0.39 is 0 Å². The zero-order valence-electron chi connectivity index (χ0n) is 18.7. The lowest BCUT2D eigenvalue weighted by molar-refractivity contribution is 0.0598. The van der Waals surface area contributed by atoms with E-state index in [1.165, 1.54) is 0 Å². The first-order valence-corrected chi connectivity index (χ1v) is 11.3. The standard InChI is InChI=1S/C23H33N5O3/c1-28-14-24-13-21(28)22-26-19(15-4-8-17(30-2)9-5-15)12-20(27-22)23(29)25-16-6-10-18(31-3)11-7-16/h12-18H,4-11H2,1-3H3,(H,25,29)/t15-,16-,17-,18-. The number of hydrogen-bond acceptors (Lipinski definition) is 6. The summed E-state index contributed by atoms with van der Waals surface area (Å²) in [6.07, 6.45) is 11.9. The summed E-state index contributed by atoms with van der Waals surface area (Å²) in [5, 5.41) is 3.19. The summed E-state index contributed by atoms with van der Waals surface area (Å²) in [5.41, 5.74) is 2.18. The van der Waals surface area contributed by atoms with Crippen molar-refractivity contribution in [3.05, 3.63) is 30.0 Å². The molecule has 0 atom stereocenters. The number of rotatable bonds is 6. The van der Waals surface area contributed by atoms with Gasteiger partial charge in [-0.2, -0.15) is 0 Å². The number of methoxy groups -OCH3 is 2. The second-order valence-electron chi connectivity index (χ2n) is 8.78. The van der Waals surface area contributed by atoms with Crippen molar-refractivity contribution in [1.29, 1.82) is 0 Å². The molecule has 0 saturated heterocycles. The number of ether oxygens (including phenoxy) is 2. The molecule has 4 rings (SSSR count). The lowest BCUT2D eigenvalue weighted by Gasteiger charge is -2.28. The number of imidazole rings is 1. The largest absolute Gasteiger partial charge is 0.381 e. The van der Waals surface area contributed by atoms with Gasteiger partial charge in [0, 0.05) is 38.9 Å². The van der Waals surface area contributed by atoms with E-state index in [0.717, 1.165) is 62.8 Å². The Bertz CT molecular complexity index is 883. The Balaban J connectivity index is 1.56. The van der Waals surface area contributed by atoms with E-state index in [-0.39, 0.29) is 11.9 Å². The van der Waals surface area contributed by atoms with E-state index >= 15 is 0 Å². The summed E-state index contributed by atoms with van der Waals surface area (Å²) in [7, 11) is 5.45. The van der Waals surface area contributed by atoms with Crippen molar-refractivity contribution >= 4 is 5.91 Å². The van der Waals surface area contributed by atoms with Crippen molar-refractivity contribution in [3.63, 3.8) is 0 Å². The molecule has 31 heavy (non-hydrogen) atoms. The van der Waals surface area contributed by atoms with Crippen molar-refractivity contribution < 1.29 is 14.3 Å². The number of carbonyl (C=O) groups is 1. The molecule has 8 nitrogen and oxygen atoms in total. The molecule has 0 bridgehead atoms. The zero-order chi connectivity index (χ0) is 21.8. The Morgan fingerprint density at radius 3 is 2.23 bits per heavy atom. The van der Waals surface area contributed by atoms with Gasteiger partial charge >= 0.3 is 0 Å². The molecular formula is C23H33N5O3. The molecule has 2 aliphatic rings. The van der Waals surface area contributed by atoms with Crippen LogP contribution in [0.1, 0.15) is 73.5 Å². The Hall–Kier alpha value is -2.32. The molecule has 0 radical (unpaired) electrons. The third-order valence-electron chi connectivity index (χ3n) is 6.79. The maximum atomic E-state index is 13.1. The number of carbonyl (C=O) groups excluding carboxylic acids is 1. The first-order chi connectivity index (χ1) is 15.1. The lowest BCUT2D eigenvalue weighted by Crippen LogP contribution is -2.39. The van der Waals surface area contributed by atoms with Gasteiger partial charge in [0.1, 0.15) is 11.4 Å². The van der Waals surface area contributed by atoms with Crippen LogP contribution in [0.15, 0.2) is 18.6 Å². The van der Waals surface area contributed by atoms with Crippen LogP contribution in [0.2, 0.25) is 0 Å². The Morgan fingerprint density at radius 1 is 1.00 bits per heavy atom. The zero-order valence-corrected chi connectivity index (χ0v) is 18.7. The smallest absolute Gasteiger partial charge is 0.270 e. The third kappa shape index (κ3) is 5.13. The van der Waals surface area contributed by atoms with E-state index in [9.17, 15) is 4.79 Å². The minimum atomic E-state index is -0.126. The van der Waals surface area contributed by atoms with Gasteiger partial charge in [-0.1, -0.05) is 0 Å². The Labute approximate surface area is 183 Å². The van der Waals surface area contributed by atoms with Crippen LogP contribution in [-0.2, 0) is 16.5 Å². The highest BCUT2D eigenvalue weighted by Crippen LogP contribution is 2.34. The predicted octanol–water partition coefficient (Wildman–Crippen LogP) is 3.24. The lowest BCUT2D eigenvalue weighted by atomic mass is 9.85. The molecule has 2 aromatic rings. The normalized spacial score (nSPS) is 26.5. The van der Waals surface area contributed by atoms with Gasteiger partial charge in [0.05, 0.1) is 24.7 Å². The molecule has 0 aliphatic heterocycles.